The van der Waals surface area contributed by atoms with Gasteiger partial charge in [0.05, 0.1) is 10.6 Å². The first-order chi connectivity index (χ1) is 8.20. The first-order valence-corrected chi connectivity index (χ1v) is 6.72. The quantitative estimate of drug-likeness (QED) is 0.896. The molecule has 0 saturated heterocycles. The van der Waals surface area contributed by atoms with Crippen LogP contribution in [0.1, 0.15) is 24.6 Å². The molecule has 0 amide bonds. The lowest BCUT2D eigenvalue weighted by Gasteiger charge is -2.06. The number of anilines is 1. The maximum atomic E-state index is 4.56. The van der Waals surface area contributed by atoms with Crippen LogP contribution in [0, 0.1) is 13.8 Å². The van der Waals surface area contributed by atoms with Crippen LogP contribution in [0.25, 0.3) is 10.6 Å². The molecule has 0 fully saturated rings. The summed E-state index contributed by atoms with van der Waals surface area (Å²) in [6.45, 7) is 7.16. The normalized spacial score (nSPS) is 10.5. The summed E-state index contributed by atoms with van der Waals surface area (Å²) in [6.07, 6.45) is 1.07. The van der Waals surface area contributed by atoms with Crippen LogP contribution in [0.5, 0.6) is 0 Å². The minimum Gasteiger partial charge on any atom is -0.354 e. The lowest BCUT2D eigenvalue weighted by molar-refractivity contribution is 0.947. The van der Waals surface area contributed by atoms with Gasteiger partial charge in [0.2, 0.25) is 5.95 Å². The zero-order valence-electron chi connectivity index (χ0n) is 10.4. The topological polar surface area (TPSA) is 37.8 Å². The van der Waals surface area contributed by atoms with Crippen molar-refractivity contribution in [1.82, 2.24) is 9.97 Å². The third-order valence-corrected chi connectivity index (χ3v) is 3.52. The van der Waals surface area contributed by atoms with Gasteiger partial charge in [-0.25, -0.2) is 9.97 Å². The van der Waals surface area contributed by atoms with E-state index in [1.54, 1.807) is 11.3 Å². The molecule has 1 N–H and O–H groups in total. The zero-order valence-corrected chi connectivity index (χ0v) is 11.3. The van der Waals surface area contributed by atoms with Crippen molar-refractivity contribution >= 4 is 17.3 Å². The molecule has 90 valence electrons. The summed E-state index contributed by atoms with van der Waals surface area (Å²) in [6, 6.07) is 4.16. The predicted molar refractivity (Wildman–Crippen MR) is 73.6 cm³/mol. The van der Waals surface area contributed by atoms with Crippen LogP contribution in [0.15, 0.2) is 17.5 Å². The lowest BCUT2D eigenvalue weighted by atomic mass is 10.2. The summed E-state index contributed by atoms with van der Waals surface area (Å²) in [4.78, 5) is 10.2. The molecule has 0 unspecified atom stereocenters. The van der Waals surface area contributed by atoms with Gasteiger partial charge in [-0.2, -0.15) is 0 Å². The Hall–Kier alpha value is -1.42. The highest BCUT2D eigenvalue weighted by atomic mass is 32.1. The fourth-order valence-corrected chi connectivity index (χ4v) is 2.52. The predicted octanol–water partition coefficient (Wildman–Crippen LogP) is 3.64. The van der Waals surface area contributed by atoms with Crippen LogP contribution in [0.4, 0.5) is 5.95 Å². The average Bonchev–Trinajstić information content (AvgIpc) is 2.72. The van der Waals surface area contributed by atoms with Crippen molar-refractivity contribution in [1.29, 1.82) is 0 Å². The van der Waals surface area contributed by atoms with Gasteiger partial charge in [-0.1, -0.05) is 6.92 Å². The third kappa shape index (κ3) is 2.82. The van der Waals surface area contributed by atoms with E-state index in [4.69, 9.17) is 0 Å². The average molecular weight is 247 g/mol. The van der Waals surface area contributed by atoms with Gasteiger partial charge in [0.1, 0.15) is 0 Å². The van der Waals surface area contributed by atoms with E-state index in [0.717, 1.165) is 30.3 Å². The minimum atomic E-state index is 0.731. The molecular formula is C13H17N3S. The van der Waals surface area contributed by atoms with Crippen LogP contribution in [0.2, 0.25) is 0 Å². The maximum Gasteiger partial charge on any atom is 0.223 e. The standard InChI is InChI=1S/C13H17N3S/c1-4-6-14-13-15-10(3)8-11(16-13)12-9(2)5-7-17-12/h5,7-8H,4,6H2,1-3H3,(H,14,15,16). The molecule has 0 aliphatic heterocycles. The summed E-state index contributed by atoms with van der Waals surface area (Å²) < 4.78 is 0. The molecule has 0 bridgehead atoms. The number of nitrogens with one attached hydrogen (secondary N) is 1. The van der Waals surface area contributed by atoms with Crippen LogP contribution >= 0.6 is 11.3 Å². The van der Waals surface area contributed by atoms with E-state index in [0.29, 0.717) is 0 Å². The monoisotopic (exact) mass is 247 g/mol. The summed E-state index contributed by atoms with van der Waals surface area (Å²) >= 11 is 1.73. The minimum absolute atomic E-state index is 0.731. The molecule has 0 saturated carbocycles. The van der Waals surface area contributed by atoms with Gasteiger partial charge in [-0.3, -0.25) is 0 Å². The van der Waals surface area contributed by atoms with E-state index in [2.05, 4.69) is 40.6 Å². The number of aryl methyl sites for hydroxylation is 2. The van der Waals surface area contributed by atoms with Crippen molar-refractivity contribution in [2.24, 2.45) is 0 Å². The highest BCUT2D eigenvalue weighted by molar-refractivity contribution is 7.13. The zero-order chi connectivity index (χ0) is 12.3. The Morgan fingerprint density at radius 3 is 2.76 bits per heavy atom. The summed E-state index contributed by atoms with van der Waals surface area (Å²) in [5.74, 6) is 0.731. The molecule has 17 heavy (non-hydrogen) atoms. The smallest absolute Gasteiger partial charge is 0.223 e. The van der Waals surface area contributed by atoms with Crippen molar-refractivity contribution in [3.05, 3.63) is 28.8 Å². The van der Waals surface area contributed by atoms with Crippen LogP contribution < -0.4 is 5.32 Å². The molecule has 2 rings (SSSR count). The first-order valence-electron chi connectivity index (χ1n) is 5.84. The molecule has 0 aliphatic carbocycles. The number of thiophene rings is 1. The second-order valence-corrected chi connectivity index (χ2v) is 4.99. The van der Waals surface area contributed by atoms with Crippen molar-refractivity contribution in [3.63, 3.8) is 0 Å². The van der Waals surface area contributed by atoms with Crippen LogP contribution in [-0.2, 0) is 0 Å². The second-order valence-electron chi connectivity index (χ2n) is 4.08. The van der Waals surface area contributed by atoms with E-state index >= 15 is 0 Å². The fourth-order valence-electron chi connectivity index (χ4n) is 1.64. The third-order valence-electron chi connectivity index (χ3n) is 2.48. The molecule has 0 aromatic carbocycles. The Balaban J connectivity index is 2.35. The van der Waals surface area contributed by atoms with Crippen molar-refractivity contribution < 1.29 is 0 Å². The SMILES string of the molecule is CCCNc1nc(C)cc(-c2sccc2C)n1. The molecule has 0 spiro atoms. The van der Waals surface area contributed by atoms with E-state index in [1.807, 2.05) is 13.0 Å². The van der Waals surface area contributed by atoms with Crippen LogP contribution in [-0.4, -0.2) is 16.5 Å². The van der Waals surface area contributed by atoms with Crippen molar-refractivity contribution in [2.45, 2.75) is 27.2 Å². The number of rotatable bonds is 4. The van der Waals surface area contributed by atoms with E-state index in [9.17, 15) is 0 Å². The van der Waals surface area contributed by atoms with Gasteiger partial charge < -0.3 is 5.32 Å². The van der Waals surface area contributed by atoms with Gasteiger partial charge >= 0.3 is 0 Å². The Kier molecular flexibility index (Phi) is 3.74. The number of aromatic nitrogens is 2. The summed E-state index contributed by atoms with van der Waals surface area (Å²) in [7, 11) is 0. The Morgan fingerprint density at radius 2 is 2.12 bits per heavy atom. The first kappa shape index (κ1) is 12.0. The Morgan fingerprint density at radius 1 is 1.29 bits per heavy atom. The molecule has 2 heterocycles. The van der Waals surface area contributed by atoms with Gasteiger partial charge in [-0.05, 0) is 43.3 Å². The second kappa shape index (κ2) is 5.27. The van der Waals surface area contributed by atoms with Crippen molar-refractivity contribution in [2.75, 3.05) is 11.9 Å². The molecule has 0 radical (unpaired) electrons. The van der Waals surface area contributed by atoms with Gasteiger partial charge in [0.15, 0.2) is 0 Å². The fraction of sp³-hybridized carbons (Fsp3) is 0.385. The summed E-state index contributed by atoms with van der Waals surface area (Å²) in [5.41, 5.74) is 3.29. The Bertz CT molecular complexity index is 505. The summed E-state index contributed by atoms with van der Waals surface area (Å²) in [5, 5.41) is 5.34. The largest absolute Gasteiger partial charge is 0.354 e. The number of hydrogen-bond donors (Lipinski definition) is 1. The molecular weight excluding hydrogens is 230 g/mol. The molecule has 2 aromatic heterocycles. The molecule has 2 aromatic rings. The maximum absolute atomic E-state index is 4.56. The van der Waals surface area contributed by atoms with Crippen molar-refractivity contribution in [3.8, 4) is 10.6 Å². The lowest BCUT2D eigenvalue weighted by Crippen LogP contribution is -2.05. The van der Waals surface area contributed by atoms with E-state index in [1.165, 1.54) is 10.4 Å². The molecule has 0 aliphatic rings. The van der Waals surface area contributed by atoms with E-state index in [-0.39, 0.29) is 0 Å². The van der Waals surface area contributed by atoms with Crippen LogP contribution in [0.3, 0.4) is 0 Å². The molecule has 3 nitrogen and oxygen atoms in total. The number of nitrogens with zero attached hydrogens (tertiary/aromatic N) is 2. The van der Waals surface area contributed by atoms with Gasteiger partial charge in [-0.15, -0.1) is 11.3 Å². The van der Waals surface area contributed by atoms with Gasteiger partial charge in [0.25, 0.3) is 0 Å². The van der Waals surface area contributed by atoms with E-state index < -0.39 is 0 Å². The highest BCUT2D eigenvalue weighted by Crippen LogP contribution is 2.28. The number of hydrogen-bond acceptors (Lipinski definition) is 4. The van der Waals surface area contributed by atoms with Gasteiger partial charge in [0, 0.05) is 12.2 Å². The molecule has 0 atom stereocenters. The Labute approximate surface area is 106 Å². The highest BCUT2D eigenvalue weighted by Gasteiger charge is 2.07. The molecule has 4 heteroatoms.